The van der Waals surface area contributed by atoms with Crippen LogP contribution in [0.15, 0.2) is 108 Å². The first-order chi connectivity index (χ1) is 28.8. The second-order valence-electron chi connectivity index (χ2n) is 13.7. The molecule has 0 amide bonds. The van der Waals surface area contributed by atoms with Crippen molar-refractivity contribution in [3.63, 3.8) is 0 Å². The number of rotatable bonds is 8. The number of ether oxygens (including phenoxy) is 3. The van der Waals surface area contributed by atoms with Gasteiger partial charge < -0.3 is 14.2 Å². The van der Waals surface area contributed by atoms with Crippen LogP contribution < -0.4 is 4.74 Å². The van der Waals surface area contributed by atoms with Crippen molar-refractivity contribution in [2.45, 2.75) is 18.8 Å². The fourth-order valence-corrected chi connectivity index (χ4v) is 9.37. The number of Topliss-reactive ketones (excluding diaryl/α,β-unsaturated/α-hetero) is 4. The summed E-state index contributed by atoms with van der Waals surface area (Å²) in [4.78, 5) is 83.3. The highest BCUT2D eigenvalue weighted by molar-refractivity contribution is 7.23. The van der Waals surface area contributed by atoms with E-state index in [1.54, 1.807) is 60.7 Å². The van der Waals surface area contributed by atoms with Gasteiger partial charge in [0.2, 0.25) is 0 Å². The van der Waals surface area contributed by atoms with Crippen molar-refractivity contribution in [1.82, 2.24) is 0 Å². The maximum Gasteiger partial charge on any atom is 0.367 e. The van der Waals surface area contributed by atoms with Gasteiger partial charge in [-0.3, -0.25) is 19.2 Å². The number of esters is 2. The van der Waals surface area contributed by atoms with E-state index >= 15 is 0 Å². The normalized spacial score (nSPS) is 14.6. The first-order valence-electron chi connectivity index (χ1n) is 17.8. The monoisotopic (exact) mass is 846 g/mol. The Morgan fingerprint density at radius 3 is 1.35 bits per heavy atom. The van der Waals surface area contributed by atoms with Gasteiger partial charge in [-0.15, -0.1) is 22.7 Å². The maximum absolute atomic E-state index is 14.5. The number of thiophene rings is 2. The molecule has 0 bridgehead atoms. The molecule has 0 N–H and O–H groups in total. The molecule has 296 valence electrons. The minimum absolute atomic E-state index is 0.0902. The molecule has 3 aliphatic rings. The molecule has 0 atom stereocenters. The second kappa shape index (κ2) is 14.6. The smallest absolute Gasteiger partial charge is 0.367 e. The number of carbonyl (C=O) groups excluding carboxylic acids is 6. The van der Waals surface area contributed by atoms with E-state index in [1.165, 1.54) is 24.3 Å². The van der Waals surface area contributed by atoms with E-state index in [2.05, 4.69) is 0 Å². The highest BCUT2D eigenvalue weighted by atomic mass is 32.1. The number of hydrogen-bond acceptors (Lipinski definition) is 11. The van der Waals surface area contributed by atoms with E-state index in [4.69, 9.17) is 14.2 Å². The lowest BCUT2D eigenvalue weighted by atomic mass is 9.90. The Morgan fingerprint density at radius 1 is 0.550 bits per heavy atom. The Hall–Kier alpha value is -7.10. The number of hydrogen-bond donors (Lipinski definition) is 0. The van der Waals surface area contributed by atoms with E-state index in [0.717, 1.165) is 22.7 Å². The fourth-order valence-electron chi connectivity index (χ4n) is 7.04. The minimum atomic E-state index is -2.69. The summed E-state index contributed by atoms with van der Waals surface area (Å²) >= 11 is 1.88. The molecule has 15 heteroatoms. The van der Waals surface area contributed by atoms with Gasteiger partial charge in [-0.25, -0.2) is 27.2 Å². The van der Waals surface area contributed by atoms with Crippen molar-refractivity contribution in [2.24, 2.45) is 0 Å². The van der Waals surface area contributed by atoms with E-state index < -0.39 is 75.1 Å². The van der Waals surface area contributed by atoms with Crippen molar-refractivity contribution in [3.05, 3.63) is 180 Å². The molecule has 2 aliphatic carbocycles. The van der Waals surface area contributed by atoms with Gasteiger partial charge in [0.15, 0.2) is 46.4 Å². The number of ketones is 4. The Labute approximate surface area is 343 Å². The van der Waals surface area contributed by atoms with Gasteiger partial charge in [-0.1, -0.05) is 60.7 Å². The molecule has 60 heavy (non-hydrogen) atoms. The summed E-state index contributed by atoms with van der Waals surface area (Å²) in [5.41, 5.74) is -3.87. The lowest BCUT2D eigenvalue weighted by molar-refractivity contribution is -0.183. The quantitative estimate of drug-likeness (QED) is 0.0485. The van der Waals surface area contributed by atoms with Crippen LogP contribution in [0.3, 0.4) is 0 Å². The molecular formula is C45H22F4O9S2. The largest absolute Gasteiger partial charge is 0.458 e. The van der Waals surface area contributed by atoms with E-state index in [9.17, 15) is 46.3 Å². The average molecular weight is 847 g/mol. The third-order valence-corrected chi connectivity index (χ3v) is 12.3. The first kappa shape index (κ1) is 38.4. The summed E-state index contributed by atoms with van der Waals surface area (Å²) in [5, 5.41) is 0. The Balaban J connectivity index is 1.18. The van der Waals surface area contributed by atoms with Crippen LogP contribution in [0.4, 0.5) is 17.6 Å². The molecule has 0 unspecified atom stereocenters. The van der Waals surface area contributed by atoms with Crippen molar-refractivity contribution in [2.75, 3.05) is 0 Å². The lowest BCUT2D eigenvalue weighted by Gasteiger charge is -2.33. The highest BCUT2D eigenvalue weighted by Gasteiger charge is 2.59. The van der Waals surface area contributed by atoms with Crippen LogP contribution in [0.1, 0.15) is 67.9 Å². The Morgan fingerprint density at radius 2 is 0.933 bits per heavy atom. The van der Waals surface area contributed by atoms with Crippen LogP contribution in [0.5, 0.6) is 5.75 Å². The van der Waals surface area contributed by atoms with Gasteiger partial charge >= 0.3 is 17.5 Å². The summed E-state index contributed by atoms with van der Waals surface area (Å²) in [6.45, 7) is -0.608. The maximum atomic E-state index is 14.5. The molecule has 0 saturated heterocycles. The molecule has 4 aromatic carbocycles. The zero-order valence-electron chi connectivity index (χ0n) is 30.3. The van der Waals surface area contributed by atoms with Gasteiger partial charge in [0.25, 0.3) is 0 Å². The van der Waals surface area contributed by atoms with Crippen molar-refractivity contribution in [1.29, 1.82) is 0 Å². The predicted molar refractivity (Wildman–Crippen MR) is 208 cm³/mol. The van der Waals surface area contributed by atoms with Gasteiger partial charge in [-0.05, 0) is 59.7 Å². The molecule has 9 nitrogen and oxygen atoms in total. The molecule has 1 aliphatic heterocycles. The summed E-state index contributed by atoms with van der Waals surface area (Å²) in [6.07, 6.45) is 2.36. The zero-order valence-corrected chi connectivity index (χ0v) is 31.9. The molecule has 0 fully saturated rings. The van der Waals surface area contributed by atoms with E-state index in [0.29, 0.717) is 35.4 Å². The predicted octanol–water partition coefficient (Wildman–Crippen LogP) is 9.03. The Kier molecular flexibility index (Phi) is 9.36. The van der Waals surface area contributed by atoms with Gasteiger partial charge in [0, 0.05) is 37.6 Å². The van der Waals surface area contributed by atoms with Crippen LogP contribution in [0, 0.1) is 23.3 Å². The first-order valence-corrected chi connectivity index (χ1v) is 19.5. The molecular weight excluding hydrogens is 825 g/mol. The summed E-state index contributed by atoms with van der Waals surface area (Å²) < 4.78 is 74.3. The van der Waals surface area contributed by atoms with Crippen LogP contribution >= 0.6 is 22.7 Å². The minimum Gasteiger partial charge on any atom is -0.458 e. The molecule has 6 aromatic rings. The number of fused-ring (bicyclic) bond motifs is 5. The van der Waals surface area contributed by atoms with Gasteiger partial charge in [-0.2, -0.15) is 0 Å². The van der Waals surface area contributed by atoms with E-state index in [-0.39, 0.29) is 66.3 Å². The number of halogens is 4. The molecule has 0 radical (unpaired) electrons. The summed E-state index contributed by atoms with van der Waals surface area (Å²) in [7, 11) is 0. The van der Waals surface area contributed by atoms with Crippen molar-refractivity contribution in [3.8, 4) is 15.5 Å². The van der Waals surface area contributed by atoms with Crippen LogP contribution in [0.25, 0.3) is 21.9 Å². The second-order valence-corrected chi connectivity index (χ2v) is 15.9. The van der Waals surface area contributed by atoms with Gasteiger partial charge in [0.05, 0.1) is 20.9 Å². The third kappa shape index (κ3) is 6.29. The third-order valence-electron chi connectivity index (χ3n) is 9.97. The van der Waals surface area contributed by atoms with Crippen LogP contribution in [0.2, 0.25) is 0 Å². The fraction of sp³-hybridized carbons (Fsp3) is 0.0667. The molecule has 0 spiro atoms. The topological polar surface area (TPSA) is 130 Å². The Bertz CT molecular complexity index is 2820. The SMILES string of the molecule is O=C1C(=Cc2cc3c(s2)-c2sc(C=C4C(=O)c5cc(F)c(F)cc5C4=O)cc2C(C(=O)OCc2ccccc2)(C(=O)OCc2ccccc2)O3)C(=O)c2cc(F)c(F)cc21. The van der Waals surface area contributed by atoms with E-state index in [1.807, 2.05) is 0 Å². The highest BCUT2D eigenvalue weighted by Crippen LogP contribution is 2.54. The van der Waals surface area contributed by atoms with Crippen LogP contribution in [-0.2, 0) is 37.9 Å². The summed E-state index contributed by atoms with van der Waals surface area (Å²) in [5.74, 6) is -11.3. The summed E-state index contributed by atoms with van der Waals surface area (Å²) in [6, 6.07) is 22.3. The number of allylic oxidation sites excluding steroid dienone is 2. The number of benzene rings is 4. The van der Waals surface area contributed by atoms with Crippen LogP contribution in [-0.4, -0.2) is 35.1 Å². The van der Waals surface area contributed by atoms with Crippen molar-refractivity contribution < 1.29 is 60.5 Å². The molecule has 3 heterocycles. The molecule has 2 aromatic heterocycles. The zero-order chi connectivity index (χ0) is 42.0. The van der Waals surface area contributed by atoms with Gasteiger partial charge in [0.1, 0.15) is 19.0 Å². The standard InChI is InChI=1S/C45H22F4O9S2/c46-32-15-25-26(16-33(32)47)38(51)29(37(25)50)11-23-13-31-41(59-23)42-36(14-24(60-42)12-30-39(52)27-17-34(48)35(49)18-28(27)40(30)53)58-45(31,43(54)56-19-21-7-3-1-4-8-21)44(55)57-20-22-9-5-2-6-10-22/h1-18H,19-20H2. The molecule has 9 rings (SSSR count). The average Bonchev–Trinajstić information content (AvgIpc) is 3.97. The molecule has 0 saturated carbocycles. The lowest BCUT2D eigenvalue weighted by Crippen LogP contribution is -2.52. The number of carbonyl (C=O) groups is 6. The van der Waals surface area contributed by atoms with Crippen molar-refractivity contribution >= 4 is 69.9 Å².